The van der Waals surface area contributed by atoms with Crippen LogP contribution in [0.4, 0.5) is 0 Å². The Morgan fingerprint density at radius 3 is 2.73 bits per heavy atom. The molecule has 1 amide bonds. The Balaban J connectivity index is 2.55. The molecule has 1 rings (SSSR count). The van der Waals surface area contributed by atoms with Crippen LogP contribution in [0.3, 0.4) is 0 Å². The summed E-state index contributed by atoms with van der Waals surface area (Å²) in [6.07, 6.45) is 2.14. The van der Waals surface area contributed by atoms with Crippen LogP contribution >= 0.6 is 0 Å². The van der Waals surface area contributed by atoms with Crippen molar-refractivity contribution in [2.45, 2.75) is 26.2 Å². The van der Waals surface area contributed by atoms with E-state index in [9.17, 15) is 4.79 Å². The number of carbonyl (C=O) groups is 1. The average Bonchev–Trinajstić information content (AvgIpc) is 2.17. The minimum absolute atomic E-state index is 0.236. The van der Waals surface area contributed by atoms with Gasteiger partial charge in [-0.1, -0.05) is 12.1 Å². The van der Waals surface area contributed by atoms with Crippen LogP contribution in [0.2, 0.25) is 0 Å². The largest absolute Gasteiger partial charge is 0.496 e. The number of hydrogen-bond donors (Lipinski definition) is 1. The maximum atomic E-state index is 10.6. The van der Waals surface area contributed by atoms with E-state index in [-0.39, 0.29) is 5.91 Å². The molecule has 15 heavy (non-hydrogen) atoms. The van der Waals surface area contributed by atoms with E-state index in [1.54, 1.807) is 7.11 Å². The fraction of sp³-hybridized carbons (Fsp3) is 0.417. The molecule has 3 heteroatoms. The van der Waals surface area contributed by atoms with Crippen LogP contribution in [0.15, 0.2) is 18.2 Å². The van der Waals surface area contributed by atoms with Gasteiger partial charge >= 0.3 is 0 Å². The Bertz CT molecular complexity index is 347. The Morgan fingerprint density at radius 1 is 1.47 bits per heavy atom. The quantitative estimate of drug-likeness (QED) is 0.800. The van der Waals surface area contributed by atoms with Gasteiger partial charge in [0, 0.05) is 6.42 Å². The Morgan fingerprint density at radius 2 is 2.20 bits per heavy atom. The van der Waals surface area contributed by atoms with Gasteiger partial charge in [0.1, 0.15) is 5.75 Å². The van der Waals surface area contributed by atoms with Crippen LogP contribution in [0.25, 0.3) is 0 Å². The fourth-order valence-electron chi connectivity index (χ4n) is 1.56. The summed E-state index contributed by atoms with van der Waals surface area (Å²) < 4.78 is 5.17. The molecular formula is C12H17NO2. The molecule has 82 valence electrons. The van der Waals surface area contributed by atoms with Crippen molar-refractivity contribution in [3.05, 3.63) is 29.3 Å². The second-order valence-corrected chi connectivity index (χ2v) is 3.62. The topological polar surface area (TPSA) is 52.3 Å². The van der Waals surface area contributed by atoms with Crippen molar-refractivity contribution in [1.29, 1.82) is 0 Å². The van der Waals surface area contributed by atoms with E-state index < -0.39 is 0 Å². The predicted octanol–water partition coefficient (Wildman–Crippen LogP) is 1.81. The van der Waals surface area contributed by atoms with Crippen molar-refractivity contribution in [3.8, 4) is 5.75 Å². The van der Waals surface area contributed by atoms with E-state index in [2.05, 4.69) is 6.07 Å². The van der Waals surface area contributed by atoms with Gasteiger partial charge in [-0.2, -0.15) is 0 Å². The van der Waals surface area contributed by atoms with E-state index in [4.69, 9.17) is 10.5 Å². The molecule has 0 saturated heterocycles. The lowest BCUT2D eigenvalue weighted by atomic mass is 10.1. The number of aryl methyl sites for hydroxylation is 2. The molecule has 0 heterocycles. The second kappa shape index (κ2) is 5.39. The number of ether oxygens (including phenoxy) is 1. The molecule has 0 bridgehead atoms. The van der Waals surface area contributed by atoms with Gasteiger partial charge in [-0.05, 0) is 37.0 Å². The zero-order valence-electron chi connectivity index (χ0n) is 9.25. The first-order valence-electron chi connectivity index (χ1n) is 5.05. The van der Waals surface area contributed by atoms with E-state index in [0.29, 0.717) is 6.42 Å². The summed E-state index contributed by atoms with van der Waals surface area (Å²) >= 11 is 0. The molecule has 0 atom stereocenters. The lowest BCUT2D eigenvalue weighted by Crippen LogP contribution is -2.10. The summed E-state index contributed by atoms with van der Waals surface area (Å²) in [5, 5.41) is 0. The van der Waals surface area contributed by atoms with Crippen LogP contribution in [-0.4, -0.2) is 13.0 Å². The minimum Gasteiger partial charge on any atom is -0.496 e. The Kier molecular flexibility index (Phi) is 4.16. The van der Waals surface area contributed by atoms with Crippen molar-refractivity contribution in [3.63, 3.8) is 0 Å². The molecule has 1 aromatic carbocycles. The van der Waals surface area contributed by atoms with Crippen LogP contribution in [0.1, 0.15) is 24.0 Å². The third-order valence-electron chi connectivity index (χ3n) is 2.35. The summed E-state index contributed by atoms with van der Waals surface area (Å²) in [5.74, 6) is 0.661. The average molecular weight is 207 g/mol. The number of amides is 1. The number of nitrogens with two attached hydrogens (primary N) is 1. The molecule has 0 fully saturated rings. The van der Waals surface area contributed by atoms with E-state index >= 15 is 0 Å². The molecule has 0 saturated carbocycles. The van der Waals surface area contributed by atoms with Crippen LogP contribution in [0.5, 0.6) is 5.75 Å². The molecule has 0 aliphatic rings. The van der Waals surface area contributed by atoms with E-state index in [0.717, 1.165) is 24.2 Å². The first-order chi connectivity index (χ1) is 7.13. The second-order valence-electron chi connectivity index (χ2n) is 3.62. The molecule has 0 aromatic heterocycles. The SMILES string of the molecule is COc1ccc(CCCC(N)=O)cc1C. The lowest BCUT2D eigenvalue weighted by molar-refractivity contribution is -0.118. The summed E-state index contributed by atoms with van der Waals surface area (Å²) in [7, 11) is 1.66. The van der Waals surface area contributed by atoms with Gasteiger partial charge in [-0.15, -0.1) is 0 Å². The molecular weight excluding hydrogens is 190 g/mol. The number of methoxy groups -OCH3 is 1. The van der Waals surface area contributed by atoms with Crippen molar-refractivity contribution >= 4 is 5.91 Å². The third kappa shape index (κ3) is 3.62. The first-order valence-corrected chi connectivity index (χ1v) is 5.05. The molecule has 0 aliphatic heterocycles. The highest BCUT2D eigenvalue weighted by atomic mass is 16.5. The summed E-state index contributed by atoms with van der Waals surface area (Å²) in [5.41, 5.74) is 7.41. The number of primary amides is 1. The maximum absolute atomic E-state index is 10.6. The summed E-state index contributed by atoms with van der Waals surface area (Å²) in [6, 6.07) is 6.06. The third-order valence-corrected chi connectivity index (χ3v) is 2.35. The van der Waals surface area contributed by atoms with Gasteiger partial charge in [-0.25, -0.2) is 0 Å². The monoisotopic (exact) mass is 207 g/mol. The standard InChI is InChI=1S/C12H17NO2/c1-9-8-10(4-3-5-12(13)14)6-7-11(9)15-2/h6-8H,3-5H2,1-2H3,(H2,13,14). The van der Waals surface area contributed by atoms with Crippen molar-refractivity contribution in [1.82, 2.24) is 0 Å². The molecule has 0 spiro atoms. The van der Waals surface area contributed by atoms with Gasteiger partial charge in [0.05, 0.1) is 7.11 Å². The molecule has 0 radical (unpaired) electrons. The van der Waals surface area contributed by atoms with Crippen LogP contribution in [0, 0.1) is 6.92 Å². The van der Waals surface area contributed by atoms with Gasteiger partial charge in [0.25, 0.3) is 0 Å². The molecule has 2 N–H and O–H groups in total. The van der Waals surface area contributed by atoms with Gasteiger partial charge in [-0.3, -0.25) is 4.79 Å². The molecule has 1 aromatic rings. The highest BCUT2D eigenvalue weighted by Crippen LogP contribution is 2.19. The number of carbonyl (C=O) groups excluding carboxylic acids is 1. The highest BCUT2D eigenvalue weighted by Gasteiger charge is 2.01. The van der Waals surface area contributed by atoms with Crippen molar-refractivity contribution < 1.29 is 9.53 Å². The van der Waals surface area contributed by atoms with Crippen LogP contribution in [-0.2, 0) is 11.2 Å². The number of rotatable bonds is 5. The fourth-order valence-corrected chi connectivity index (χ4v) is 1.56. The maximum Gasteiger partial charge on any atom is 0.217 e. The van der Waals surface area contributed by atoms with Gasteiger partial charge in [0.2, 0.25) is 5.91 Å². The zero-order valence-corrected chi connectivity index (χ0v) is 9.25. The van der Waals surface area contributed by atoms with Gasteiger partial charge < -0.3 is 10.5 Å². The van der Waals surface area contributed by atoms with E-state index in [1.165, 1.54) is 5.56 Å². The Labute approximate surface area is 90.2 Å². The Hall–Kier alpha value is -1.51. The summed E-state index contributed by atoms with van der Waals surface area (Å²) in [6.45, 7) is 2.01. The smallest absolute Gasteiger partial charge is 0.217 e. The van der Waals surface area contributed by atoms with Gasteiger partial charge in [0.15, 0.2) is 0 Å². The zero-order chi connectivity index (χ0) is 11.3. The highest BCUT2D eigenvalue weighted by molar-refractivity contribution is 5.73. The number of hydrogen-bond acceptors (Lipinski definition) is 2. The molecule has 0 aliphatic carbocycles. The predicted molar refractivity (Wildman–Crippen MR) is 59.9 cm³/mol. The normalized spacial score (nSPS) is 10.0. The molecule has 3 nitrogen and oxygen atoms in total. The lowest BCUT2D eigenvalue weighted by Gasteiger charge is -2.06. The summed E-state index contributed by atoms with van der Waals surface area (Å²) in [4.78, 5) is 10.6. The minimum atomic E-state index is -0.236. The van der Waals surface area contributed by atoms with Crippen molar-refractivity contribution in [2.75, 3.05) is 7.11 Å². The van der Waals surface area contributed by atoms with E-state index in [1.807, 2.05) is 19.1 Å². The number of benzene rings is 1. The van der Waals surface area contributed by atoms with Crippen LogP contribution < -0.4 is 10.5 Å². The van der Waals surface area contributed by atoms with Crippen molar-refractivity contribution in [2.24, 2.45) is 5.73 Å². The molecule has 0 unspecified atom stereocenters. The first kappa shape index (κ1) is 11.6.